The van der Waals surface area contributed by atoms with Gasteiger partial charge in [0.2, 0.25) is 0 Å². The molecule has 0 saturated carbocycles. The van der Waals surface area contributed by atoms with Gasteiger partial charge in [0.05, 0.1) is 23.8 Å². The van der Waals surface area contributed by atoms with Gasteiger partial charge in [-0.15, -0.1) is 22.9 Å². The molecule has 0 aliphatic carbocycles. The minimum atomic E-state index is 0.233. The first-order valence-corrected chi connectivity index (χ1v) is 7.51. The number of aromatic nitrogens is 2. The van der Waals surface area contributed by atoms with Gasteiger partial charge in [-0.1, -0.05) is 0 Å². The summed E-state index contributed by atoms with van der Waals surface area (Å²) in [4.78, 5) is 8.00. The largest absolute Gasteiger partial charge is 0.372 e. The number of halogens is 1. The number of morpholine rings is 1. The Morgan fingerprint density at radius 3 is 2.83 bits per heavy atom. The van der Waals surface area contributed by atoms with Gasteiger partial charge in [0.1, 0.15) is 0 Å². The maximum absolute atomic E-state index is 6.09. The Morgan fingerprint density at radius 2 is 2.17 bits per heavy atom. The van der Waals surface area contributed by atoms with E-state index in [9.17, 15) is 0 Å². The fraction of sp³-hybridized carbons (Fsp3) is 0.583. The van der Waals surface area contributed by atoms with Crippen LogP contribution in [0.3, 0.4) is 0 Å². The number of hydrogen-bond donors (Lipinski definition) is 0. The van der Waals surface area contributed by atoms with E-state index in [4.69, 9.17) is 21.3 Å². The number of imidazole rings is 1. The minimum Gasteiger partial charge on any atom is -0.372 e. The monoisotopic (exact) mass is 285 g/mol. The molecule has 98 valence electrons. The van der Waals surface area contributed by atoms with Crippen molar-refractivity contribution in [3.05, 3.63) is 17.3 Å². The Hall–Kier alpha value is -0.780. The van der Waals surface area contributed by atoms with Crippen molar-refractivity contribution in [2.24, 2.45) is 0 Å². The Kier molecular flexibility index (Phi) is 3.21. The van der Waals surface area contributed by atoms with E-state index in [1.807, 2.05) is 11.6 Å². The van der Waals surface area contributed by atoms with Crippen LogP contribution in [0.2, 0.25) is 0 Å². The summed E-state index contributed by atoms with van der Waals surface area (Å²) >= 11 is 7.73. The maximum atomic E-state index is 6.09. The second kappa shape index (κ2) is 4.72. The number of ether oxygens (including phenoxy) is 1. The average molecular weight is 286 g/mol. The molecule has 0 radical (unpaired) electrons. The number of hydrogen-bond acceptors (Lipinski definition) is 4. The number of rotatable bonds is 2. The molecule has 1 saturated heterocycles. The normalized spacial score (nSPS) is 24.9. The minimum absolute atomic E-state index is 0.233. The van der Waals surface area contributed by atoms with E-state index in [-0.39, 0.29) is 12.2 Å². The number of anilines is 1. The van der Waals surface area contributed by atoms with Gasteiger partial charge in [-0.3, -0.25) is 4.40 Å². The highest BCUT2D eigenvalue weighted by molar-refractivity contribution is 7.15. The predicted molar refractivity (Wildman–Crippen MR) is 74.8 cm³/mol. The van der Waals surface area contributed by atoms with E-state index in [1.165, 1.54) is 0 Å². The van der Waals surface area contributed by atoms with E-state index in [1.54, 1.807) is 11.3 Å². The average Bonchev–Trinajstić information content (AvgIpc) is 2.86. The van der Waals surface area contributed by atoms with Gasteiger partial charge in [0.15, 0.2) is 10.8 Å². The summed E-state index contributed by atoms with van der Waals surface area (Å²) in [5.41, 5.74) is 1.08. The van der Waals surface area contributed by atoms with E-state index < -0.39 is 0 Å². The highest BCUT2D eigenvalue weighted by Crippen LogP contribution is 2.28. The van der Waals surface area contributed by atoms with Crippen LogP contribution in [0.1, 0.15) is 19.5 Å². The summed E-state index contributed by atoms with van der Waals surface area (Å²) < 4.78 is 7.84. The Bertz CT molecular complexity index is 543. The lowest BCUT2D eigenvalue weighted by Crippen LogP contribution is -2.46. The second-order valence-corrected chi connectivity index (χ2v) is 5.87. The van der Waals surface area contributed by atoms with Crippen LogP contribution in [0.25, 0.3) is 4.96 Å². The number of nitrogens with zero attached hydrogens (tertiary/aromatic N) is 3. The molecule has 4 nitrogen and oxygen atoms in total. The van der Waals surface area contributed by atoms with Crippen LogP contribution in [-0.4, -0.2) is 34.7 Å². The molecule has 2 unspecified atom stereocenters. The van der Waals surface area contributed by atoms with E-state index in [0.717, 1.165) is 29.6 Å². The van der Waals surface area contributed by atoms with Crippen molar-refractivity contribution < 1.29 is 4.74 Å². The van der Waals surface area contributed by atoms with Crippen LogP contribution in [0.15, 0.2) is 11.6 Å². The third-order valence-corrected chi connectivity index (χ3v) is 4.20. The highest BCUT2D eigenvalue weighted by Gasteiger charge is 2.26. The molecule has 18 heavy (non-hydrogen) atoms. The number of alkyl halides is 1. The lowest BCUT2D eigenvalue weighted by Gasteiger charge is -2.35. The molecule has 3 heterocycles. The molecule has 2 atom stereocenters. The third kappa shape index (κ3) is 2.00. The molecule has 0 spiro atoms. The lowest BCUT2D eigenvalue weighted by molar-refractivity contribution is -0.00546. The van der Waals surface area contributed by atoms with E-state index in [2.05, 4.69) is 23.1 Å². The van der Waals surface area contributed by atoms with Gasteiger partial charge >= 0.3 is 0 Å². The Morgan fingerprint density at radius 1 is 1.44 bits per heavy atom. The molecular weight excluding hydrogens is 270 g/mol. The molecule has 0 bridgehead atoms. The van der Waals surface area contributed by atoms with Crippen LogP contribution in [0.4, 0.5) is 5.82 Å². The van der Waals surface area contributed by atoms with Crippen molar-refractivity contribution in [2.75, 3.05) is 18.0 Å². The molecule has 1 aliphatic rings. The van der Waals surface area contributed by atoms with E-state index in [0.29, 0.717) is 5.88 Å². The quantitative estimate of drug-likeness (QED) is 0.795. The van der Waals surface area contributed by atoms with Crippen LogP contribution in [0.5, 0.6) is 0 Å². The summed E-state index contributed by atoms with van der Waals surface area (Å²) in [5, 5.41) is 2.03. The Balaban J connectivity index is 1.99. The van der Waals surface area contributed by atoms with Gasteiger partial charge in [0.25, 0.3) is 0 Å². The SMILES string of the molecule is CC1CN(c2nc3sccn3c2CCl)CC(C)O1. The van der Waals surface area contributed by atoms with Gasteiger partial charge in [-0.25, -0.2) is 4.98 Å². The molecule has 0 aromatic carbocycles. The van der Waals surface area contributed by atoms with Crippen LogP contribution in [0, 0.1) is 0 Å². The molecule has 2 aromatic heterocycles. The zero-order valence-electron chi connectivity index (χ0n) is 10.5. The van der Waals surface area contributed by atoms with Crippen molar-refractivity contribution >= 4 is 33.7 Å². The summed E-state index contributed by atoms with van der Waals surface area (Å²) in [6, 6.07) is 0. The van der Waals surface area contributed by atoms with Crippen LogP contribution in [-0.2, 0) is 10.6 Å². The van der Waals surface area contributed by atoms with Gasteiger partial charge in [-0.05, 0) is 13.8 Å². The number of thiazole rings is 1. The standard InChI is InChI=1S/C12H16ClN3OS/c1-8-6-15(7-9(2)17-8)11-10(5-13)16-3-4-18-12(16)14-11/h3-4,8-9H,5-7H2,1-2H3. The van der Waals surface area contributed by atoms with E-state index >= 15 is 0 Å². The topological polar surface area (TPSA) is 29.8 Å². The summed E-state index contributed by atoms with van der Waals surface area (Å²) in [7, 11) is 0. The number of fused-ring (bicyclic) bond motifs is 1. The predicted octanol–water partition coefficient (Wildman–Crippen LogP) is 2.75. The zero-order chi connectivity index (χ0) is 12.7. The summed E-state index contributed by atoms with van der Waals surface area (Å²) in [6.45, 7) is 5.95. The van der Waals surface area contributed by atoms with Crippen molar-refractivity contribution in [2.45, 2.75) is 31.9 Å². The molecule has 1 aliphatic heterocycles. The van der Waals surface area contributed by atoms with Gasteiger partial charge in [0, 0.05) is 24.7 Å². The molecule has 6 heteroatoms. The highest BCUT2D eigenvalue weighted by atomic mass is 35.5. The lowest BCUT2D eigenvalue weighted by atomic mass is 10.2. The molecule has 0 N–H and O–H groups in total. The van der Waals surface area contributed by atoms with Gasteiger partial charge < -0.3 is 9.64 Å². The van der Waals surface area contributed by atoms with Crippen molar-refractivity contribution in [1.82, 2.24) is 9.38 Å². The fourth-order valence-corrected chi connectivity index (χ4v) is 3.53. The smallest absolute Gasteiger partial charge is 0.195 e. The summed E-state index contributed by atoms with van der Waals surface area (Å²) in [6.07, 6.45) is 2.50. The fourth-order valence-electron chi connectivity index (χ4n) is 2.55. The first kappa shape index (κ1) is 12.3. The van der Waals surface area contributed by atoms with Crippen molar-refractivity contribution in [3.8, 4) is 0 Å². The van der Waals surface area contributed by atoms with Gasteiger partial charge in [-0.2, -0.15) is 0 Å². The first-order chi connectivity index (χ1) is 8.69. The molecular formula is C12H16ClN3OS. The van der Waals surface area contributed by atoms with Crippen molar-refractivity contribution in [3.63, 3.8) is 0 Å². The van der Waals surface area contributed by atoms with Crippen molar-refractivity contribution in [1.29, 1.82) is 0 Å². The Labute approximate surface area is 115 Å². The third-order valence-electron chi connectivity index (χ3n) is 3.19. The van der Waals surface area contributed by atoms with Crippen LogP contribution >= 0.6 is 22.9 Å². The molecule has 0 amide bonds. The first-order valence-electron chi connectivity index (χ1n) is 6.10. The maximum Gasteiger partial charge on any atom is 0.195 e. The molecule has 1 fully saturated rings. The van der Waals surface area contributed by atoms with Crippen LogP contribution < -0.4 is 4.90 Å². The summed E-state index contributed by atoms with van der Waals surface area (Å²) in [5.74, 6) is 1.49. The zero-order valence-corrected chi connectivity index (χ0v) is 12.0. The second-order valence-electron chi connectivity index (χ2n) is 4.73. The molecule has 2 aromatic rings. The molecule has 3 rings (SSSR count).